The van der Waals surface area contributed by atoms with Crippen molar-refractivity contribution in [1.82, 2.24) is 4.98 Å². The van der Waals surface area contributed by atoms with Gasteiger partial charge in [0.15, 0.2) is 0 Å². The Morgan fingerprint density at radius 3 is 2.80 bits per heavy atom. The van der Waals surface area contributed by atoms with E-state index in [-0.39, 0.29) is 5.82 Å². The van der Waals surface area contributed by atoms with Crippen LogP contribution in [-0.4, -0.2) is 18.1 Å². The third kappa shape index (κ3) is 2.65. The zero-order chi connectivity index (χ0) is 10.7. The highest BCUT2D eigenvalue weighted by atomic mass is 19.1. The lowest BCUT2D eigenvalue weighted by Gasteiger charge is -2.14. The van der Waals surface area contributed by atoms with Gasteiger partial charge in [-0.1, -0.05) is 0 Å². The second-order valence-electron chi connectivity index (χ2n) is 4.25. The molecule has 0 atom stereocenters. The third-order valence-corrected chi connectivity index (χ3v) is 3.00. The summed E-state index contributed by atoms with van der Waals surface area (Å²) < 4.78 is 12.6. The number of nitrogens with one attached hydrogen (secondary N) is 1. The molecule has 0 unspecified atom stereocenters. The third-order valence-electron chi connectivity index (χ3n) is 3.00. The summed E-state index contributed by atoms with van der Waals surface area (Å²) in [5, 5.41) is 3.23. The fourth-order valence-electron chi connectivity index (χ4n) is 1.76. The van der Waals surface area contributed by atoms with Gasteiger partial charge in [-0.25, -0.2) is 9.37 Å². The molecule has 82 valence electrons. The van der Waals surface area contributed by atoms with Crippen LogP contribution in [0.25, 0.3) is 0 Å². The minimum atomic E-state index is -0.302. The van der Waals surface area contributed by atoms with Crippen molar-refractivity contribution in [3.05, 3.63) is 24.1 Å². The van der Waals surface area contributed by atoms with Crippen molar-refractivity contribution in [2.45, 2.75) is 19.3 Å². The Morgan fingerprint density at radius 1 is 1.47 bits per heavy atom. The lowest BCUT2D eigenvalue weighted by atomic mass is 10.0. The Hall–Kier alpha value is -1.16. The Kier molecular flexibility index (Phi) is 2.86. The molecule has 3 nitrogen and oxygen atoms in total. The SMILES string of the molecule is NCCC1(CNc2ccc(F)cn2)CC1. The van der Waals surface area contributed by atoms with Gasteiger partial charge in [-0.15, -0.1) is 0 Å². The van der Waals surface area contributed by atoms with E-state index in [4.69, 9.17) is 5.73 Å². The van der Waals surface area contributed by atoms with Crippen LogP contribution in [-0.2, 0) is 0 Å². The Balaban J connectivity index is 1.85. The van der Waals surface area contributed by atoms with Gasteiger partial charge in [0, 0.05) is 6.54 Å². The normalized spacial score (nSPS) is 17.5. The number of pyridine rings is 1. The molecule has 0 amide bonds. The molecule has 2 rings (SSSR count). The first-order valence-corrected chi connectivity index (χ1v) is 5.30. The minimum absolute atomic E-state index is 0.302. The van der Waals surface area contributed by atoms with Gasteiger partial charge in [0.1, 0.15) is 11.6 Å². The largest absolute Gasteiger partial charge is 0.370 e. The maximum absolute atomic E-state index is 12.6. The molecule has 1 aromatic heterocycles. The molecule has 0 saturated heterocycles. The topological polar surface area (TPSA) is 50.9 Å². The van der Waals surface area contributed by atoms with Gasteiger partial charge >= 0.3 is 0 Å². The molecule has 1 heterocycles. The number of rotatable bonds is 5. The number of aromatic nitrogens is 1. The standard InChI is InChI=1S/C11H16FN3/c12-9-1-2-10(14-7-9)15-8-11(3-4-11)5-6-13/h1-2,7H,3-6,8,13H2,(H,14,15). The van der Waals surface area contributed by atoms with Crippen molar-refractivity contribution in [2.24, 2.45) is 11.1 Å². The number of hydrogen-bond donors (Lipinski definition) is 2. The average Bonchev–Trinajstić information content (AvgIpc) is 2.99. The predicted octanol–water partition coefficient (Wildman–Crippen LogP) is 1.76. The van der Waals surface area contributed by atoms with Gasteiger partial charge in [-0.2, -0.15) is 0 Å². The van der Waals surface area contributed by atoms with Crippen LogP contribution < -0.4 is 11.1 Å². The molecular formula is C11H16FN3. The fraction of sp³-hybridized carbons (Fsp3) is 0.545. The molecule has 4 heteroatoms. The molecular weight excluding hydrogens is 193 g/mol. The minimum Gasteiger partial charge on any atom is -0.370 e. The molecule has 15 heavy (non-hydrogen) atoms. The van der Waals surface area contributed by atoms with Crippen LogP contribution in [0.1, 0.15) is 19.3 Å². The van der Waals surface area contributed by atoms with Gasteiger partial charge in [0.05, 0.1) is 6.20 Å². The smallest absolute Gasteiger partial charge is 0.141 e. The van der Waals surface area contributed by atoms with E-state index in [1.165, 1.54) is 25.1 Å². The molecule has 0 radical (unpaired) electrons. The lowest BCUT2D eigenvalue weighted by molar-refractivity contribution is 0.500. The first kappa shape index (κ1) is 10.4. The summed E-state index contributed by atoms with van der Waals surface area (Å²) in [6, 6.07) is 3.08. The van der Waals surface area contributed by atoms with Gasteiger partial charge in [-0.05, 0) is 43.4 Å². The van der Waals surface area contributed by atoms with Crippen LogP contribution in [0.5, 0.6) is 0 Å². The molecule has 1 aliphatic rings. The van der Waals surface area contributed by atoms with Crippen molar-refractivity contribution in [3.63, 3.8) is 0 Å². The Labute approximate surface area is 88.9 Å². The summed E-state index contributed by atoms with van der Waals surface area (Å²) in [5.74, 6) is 0.434. The van der Waals surface area contributed by atoms with Crippen molar-refractivity contribution in [2.75, 3.05) is 18.4 Å². The van der Waals surface area contributed by atoms with E-state index in [1.807, 2.05) is 0 Å². The quantitative estimate of drug-likeness (QED) is 0.777. The van der Waals surface area contributed by atoms with E-state index < -0.39 is 0 Å². The first-order valence-electron chi connectivity index (χ1n) is 5.30. The second kappa shape index (κ2) is 4.14. The van der Waals surface area contributed by atoms with E-state index in [1.54, 1.807) is 6.07 Å². The predicted molar refractivity (Wildman–Crippen MR) is 58.0 cm³/mol. The van der Waals surface area contributed by atoms with Gasteiger partial charge in [0.25, 0.3) is 0 Å². The summed E-state index contributed by atoms with van der Waals surface area (Å²) in [6.45, 7) is 1.63. The van der Waals surface area contributed by atoms with Crippen molar-refractivity contribution >= 4 is 5.82 Å². The van der Waals surface area contributed by atoms with Crippen LogP contribution in [0.15, 0.2) is 18.3 Å². The van der Waals surface area contributed by atoms with E-state index in [0.29, 0.717) is 5.41 Å². The van der Waals surface area contributed by atoms with Crippen LogP contribution in [0.4, 0.5) is 10.2 Å². The molecule has 0 spiro atoms. The molecule has 0 bridgehead atoms. The van der Waals surface area contributed by atoms with Crippen LogP contribution in [0, 0.1) is 11.2 Å². The second-order valence-corrected chi connectivity index (χ2v) is 4.25. The number of hydrogen-bond acceptors (Lipinski definition) is 3. The molecule has 1 aliphatic carbocycles. The average molecular weight is 209 g/mol. The van der Waals surface area contributed by atoms with E-state index in [2.05, 4.69) is 10.3 Å². The highest BCUT2D eigenvalue weighted by Crippen LogP contribution is 2.48. The Morgan fingerprint density at radius 2 is 2.27 bits per heavy atom. The molecule has 0 aliphatic heterocycles. The number of anilines is 1. The van der Waals surface area contributed by atoms with Crippen LogP contribution >= 0.6 is 0 Å². The van der Waals surface area contributed by atoms with Gasteiger partial charge < -0.3 is 11.1 Å². The molecule has 1 fully saturated rings. The summed E-state index contributed by atoms with van der Waals surface area (Å²) in [4.78, 5) is 3.95. The maximum atomic E-state index is 12.6. The summed E-state index contributed by atoms with van der Waals surface area (Å²) in [7, 11) is 0. The summed E-state index contributed by atoms with van der Waals surface area (Å²) in [6.07, 6.45) is 4.75. The molecule has 0 aromatic carbocycles. The first-order chi connectivity index (χ1) is 7.24. The number of nitrogens with two attached hydrogens (primary N) is 1. The van der Waals surface area contributed by atoms with Crippen molar-refractivity contribution in [3.8, 4) is 0 Å². The van der Waals surface area contributed by atoms with Gasteiger partial charge in [-0.3, -0.25) is 0 Å². The molecule has 1 aromatic rings. The zero-order valence-electron chi connectivity index (χ0n) is 8.67. The number of halogens is 1. The number of nitrogens with zero attached hydrogens (tertiary/aromatic N) is 1. The monoisotopic (exact) mass is 209 g/mol. The molecule has 3 N–H and O–H groups in total. The zero-order valence-corrected chi connectivity index (χ0v) is 8.67. The van der Waals surface area contributed by atoms with Crippen LogP contribution in [0.3, 0.4) is 0 Å². The summed E-state index contributed by atoms with van der Waals surface area (Å²) in [5.41, 5.74) is 5.93. The Bertz CT molecular complexity index is 319. The lowest BCUT2D eigenvalue weighted by Crippen LogP contribution is -2.19. The van der Waals surface area contributed by atoms with E-state index >= 15 is 0 Å². The molecule has 1 saturated carbocycles. The fourth-order valence-corrected chi connectivity index (χ4v) is 1.76. The summed E-state index contributed by atoms with van der Waals surface area (Å²) >= 11 is 0. The van der Waals surface area contributed by atoms with Gasteiger partial charge in [0.2, 0.25) is 0 Å². The van der Waals surface area contributed by atoms with E-state index in [0.717, 1.165) is 25.3 Å². The van der Waals surface area contributed by atoms with Crippen LogP contribution in [0.2, 0.25) is 0 Å². The highest BCUT2D eigenvalue weighted by molar-refractivity contribution is 5.34. The highest BCUT2D eigenvalue weighted by Gasteiger charge is 2.41. The van der Waals surface area contributed by atoms with Crippen molar-refractivity contribution in [1.29, 1.82) is 0 Å². The van der Waals surface area contributed by atoms with E-state index in [9.17, 15) is 4.39 Å². The maximum Gasteiger partial charge on any atom is 0.141 e. The van der Waals surface area contributed by atoms with Crippen molar-refractivity contribution < 1.29 is 4.39 Å².